The van der Waals surface area contributed by atoms with Gasteiger partial charge in [-0.25, -0.2) is 0 Å². The number of aromatic nitrogens is 1. The molecule has 2 aromatic carbocycles. The van der Waals surface area contributed by atoms with Crippen molar-refractivity contribution in [3.05, 3.63) is 99.4 Å². The van der Waals surface area contributed by atoms with E-state index < -0.39 is 40.3 Å². The van der Waals surface area contributed by atoms with E-state index in [0.717, 1.165) is 4.90 Å². The Bertz CT molecular complexity index is 1390. The van der Waals surface area contributed by atoms with Gasteiger partial charge >= 0.3 is 5.69 Å². The molecule has 0 aliphatic carbocycles. The Morgan fingerprint density at radius 1 is 0.944 bits per heavy atom. The summed E-state index contributed by atoms with van der Waals surface area (Å²) in [5.74, 6) is -1.54. The van der Waals surface area contributed by atoms with Crippen molar-refractivity contribution in [3.8, 4) is 5.75 Å². The van der Waals surface area contributed by atoms with E-state index in [9.17, 15) is 24.5 Å². The normalized spacial score (nSPS) is 19.2. The zero-order chi connectivity index (χ0) is 25.8. The number of fused-ring (bicyclic) bond motifs is 1. The highest BCUT2D eigenvalue weighted by atomic mass is 16.6. The summed E-state index contributed by atoms with van der Waals surface area (Å²) in [5, 5.41) is 11.7. The zero-order valence-corrected chi connectivity index (χ0v) is 19.7. The number of nitro benzene ring substituents is 1. The molecule has 0 bridgehead atoms. The number of methoxy groups -OCH3 is 1. The van der Waals surface area contributed by atoms with Crippen LogP contribution < -0.4 is 4.74 Å². The van der Waals surface area contributed by atoms with E-state index >= 15 is 0 Å². The van der Waals surface area contributed by atoms with Crippen LogP contribution in [-0.4, -0.2) is 50.6 Å². The van der Waals surface area contributed by atoms with E-state index in [-0.39, 0.29) is 22.6 Å². The zero-order valence-electron chi connectivity index (χ0n) is 19.7. The van der Waals surface area contributed by atoms with Crippen molar-refractivity contribution < 1.29 is 24.0 Å². The second kappa shape index (κ2) is 8.26. The van der Waals surface area contributed by atoms with Gasteiger partial charge in [0.2, 0.25) is 5.91 Å². The summed E-state index contributed by atoms with van der Waals surface area (Å²) < 4.78 is 5.13. The second-order valence-electron chi connectivity index (χ2n) is 9.09. The number of benzene rings is 2. The van der Waals surface area contributed by atoms with Crippen molar-refractivity contribution in [1.82, 2.24) is 14.8 Å². The van der Waals surface area contributed by atoms with Crippen LogP contribution in [0.4, 0.5) is 5.69 Å². The predicted octanol–water partition coefficient (Wildman–Crippen LogP) is 3.48. The van der Waals surface area contributed by atoms with Crippen molar-refractivity contribution in [3.63, 3.8) is 0 Å². The van der Waals surface area contributed by atoms with Crippen molar-refractivity contribution in [2.24, 2.45) is 0 Å². The van der Waals surface area contributed by atoms with Crippen LogP contribution in [0.15, 0.2) is 66.9 Å². The maximum atomic E-state index is 13.7. The average molecular weight is 486 g/mol. The van der Waals surface area contributed by atoms with Crippen LogP contribution >= 0.6 is 0 Å². The molecular formula is C26H22N4O6. The van der Waals surface area contributed by atoms with Crippen LogP contribution in [0.2, 0.25) is 0 Å². The first-order valence-electron chi connectivity index (χ1n) is 11.2. The summed E-state index contributed by atoms with van der Waals surface area (Å²) in [5.41, 5.74) is 0.188. The largest absolute Gasteiger partial charge is 0.490 e. The van der Waals surface area contributed by atoms with Crippen LogP contribution in [0, 0.1) is 10.1 Å². The summed E-state index contributed by atoms with van der Waals surface area (Å²) in [4.78, 5) is 58.3. The number of β-lactam (4-membered cyclic amide) rings is 1. The number of pyridine rings is 1. The quantitative estimate of drug-likeness (QED) is 0.226. The standard InChI is InChI=1S/C26H22N4O6/c1-26(2,20-10-6-7-13-27-20)29-21(15-11-12-19(36-3)18(14-15)30(34)35)22(25(29)33)28-23(31)16-8-4-5-9-17(16)24(28)32/h4-14,21-22H,1-3H3/t21-,22-/m0/s1. The Kier molecular flexibility index (Phi) is 5.31. The molecule has 3 aromatic rings. The minimum atomic E-state index is -1.17. The van der Waals surface area contributed by atoms with Gasteiger partial charge in [0.25, 0.3) is 11.8 Å². The average Bonchev–Trinajstić information content (AvgIpc) is 3.12. The first-order valence-corrected chi connectivity index (χ1v) is 11.2. The lowest BCUT2D eigenvalue weighted by molar-refractivity contribution is -0.385. The third-order valence-electron chi connectivity index (χ3n) is 6.81. The van der Waals surface area contributed by atoms with Gasteiger partial charge in [-0.05, 0) is 49.7 Å². The third-order valence-corrected chi connectivity index (χ3v) is 6.81. The van der Waals surface area contributed by atoms with Gasteiger partial charge in [0.05, 0.1) is 40.4 Å². The first kappa shape index (κ1) is 23.2. The molecule has 2 aliphatic heterocycles. The van der Waals surface area contributed by atoms with Crippen LogP contribution in [0.5, 0.6) is 5.75 Å². The summed E-state index contributed by atoms with van der Waals surface area (Å²) in [6.45, 7) is 3.60. The number of ether oxygens (including phenoxy) is 1. The fourth-order valence-corrected chi connectivity index (χ4v) is 5.02. The van der Waals surface area contributed by atoms with E-state index in [1.54, 1.807) is 68.6 Å². The van der Waals surface area contributed by atoms with E-state index in [2.05, 4.69) is 4.98 Å². The number of hydrogen-bond acceptors (Lipinski definition) is 7. The Labute approximate surface area is 206 Å². The fraction of sp³-hybridized carbons (Fsp3) is 0.231. The molecule has 2 aliphatic rings. The van der Waals surface area contributed by atoms with Gasteiger partial charge in [-0.3, -0.25) is 34.4 Å². The number of nitro groups is 1. The molecule has 3 heterocycles. The van der Waals surface area contributed by atoms with E-state index in [1.165, 1.54) is 24.1 Å². The maximum absolute atomic E-state index is 13.7. The van der Waals surface area contributed by atoms with Crippen LogP contribution in [0.1, 0.15) is 51.9 Å². The minimum Gasteiger partial charge on any atom is -0.490 e. The van der Waals surface area contributed by atoms with Crippen molar-refractivity contribution in [1.29, 1.82) is 0 Å². The van der Waals surface area contributed by atoms with Crippen molar-refractivity contribution in [2.75, 3.05) is 7.11 Å². The molecule has 2 atom stereocenters. The number of likely N-dealkylation sites (tertiary alicyclic amines) is 1. The molecule has 36 heavy (non-hydrogen) atoms. The smallest absolute Gasteiger partial charge is 0.311 e. The van der Waals surface area contributed by atoms with Crippen molar-refractivity contribution >= 4 is 23.4 Å². The Hall–Kier alpha value is -4.60. The molecule has 10 heteroatoms. The molecule has 1 saturated heterocycles. The van der Waals surface area contributed by atoms with E-state index in [4.69, 9.17) is 4.74 Å². The lowest BCUT2D eigenvalue weighted by Crippen LogP contribution is -2.70. The molecule has 1 fully saturated rings. The number of hydrogen-bond donors (Lipinski definition) is 0. The third kappa shape index (κ3) is 3.25. The molecule has 0 N–H and O–H groups in total. The SMILES string of the molecule is COc1ccc([C@H]2[C@H](N3C(=O)c4ccccc4C3=O)C(=O)N2C(C)(C)c2ccccn2)cc1[N+](=O)[O-]. The lowest BCUT2D eigenvalue weighted by Gasteiger charge is -2.56. The molecule has 5 rings (SSSR count). The lowest BCUT2D eigenvalue weighted by atomic mass is 9.80. The molecule has 182 valence electrons. The molecule has 0 spiro atoms. The molecule has 10 nitrogen and oxygen atoms in total. The Morgan fingerprint density at radius 3 is 2.14 bits per heavy atom. The highest BCUT2D eigenvalue weighted by molar-refractivity contribution is 6.23. The topological polar surface area (TPSA) is 123 Å². The van der Waals surface area contributed by atoms with Gasteiger partial charge in [0, 0.05) is 12.3 Å². The molecule has 3 amide bonds. The number of imide groups is 1. The number of amides is 3. The number of nitrogens with zero attached hydrogens (tertiary/aromatic N) is 4. The predicted molar refractivity (Wildman–Crippen MR) is 127 cm³/mol. The highest BCUT2D eigenvalue weighted by Gasteiger charge is 2.61. The summed E-state index contributed by atoms with van der Waals surface area (Å²) in [7, 11) is 1.33. The van der Waals surface area contributed by atoms with Gasteiger partial charge in [0.1, 0.15) is 6.04 Å². The van der Waals surface area contributed by atoms with E-state index in [1.807, 2.05) is 0 Å². The monoisotopic (exact) mass is 486 g/mol. The number of carbonyl (C=O) groups is 3. The van der Waals surface area contributed by atoms with Gasteiger partial charge < -0.3 is 9.64 Å². The van der Waals surface area contributed by atoms with Gasteiger partial charge in [-0.15, -0.1) is 0 Å². The maximum Gasteiger partial charge on any atom is 0.311 e. The summed E-state index contributed by atoms with van der Waals surface area (Å²) >= 11 is 0. The molecular weight excluding hydrogens is 464 g/mol. The Balaban J connectivity index is 1.64. The van der Waals surface area contributed by atoms with Crippen molar-refractivity contribution in [2.45, 2.75) is 31.5 Å². The molecule has 0 radical (unpaired) electrons. The summed E-state index contributed by atoms with van der Waals surface area (Å²) in [6.07, 6.45) is 1.61. The fourth-order valence-electron chi connectivity index (χ4n) is 5.02. The minimum absolute atomic E-state index is 0.0576. The Morgan fingerprint density at radius 2 is 1.58 bits per heavy atom. The van der Waals surface area contributed by atoms with Gasteiger partial charge in [-0.1, -0.05) is 24.3 Å². The van der Waals surface area contributed by atoms with Crippen LogP contribution in [-0.2, 0) is 10.3 Å². The number of carbonyl (C=O) groups excluding carboxylic acids is 3. The van der Waals surface area contributed by atoms with Crippen LogP contribution in [0.3, 0.4) is 0 Å². The van der Waals surface area contributed by atoms with Gasteiger partial charge in [-0.2, -0.15) is 0 Å². The molecule has 0 saturated carbocycles. The number of rotatable bonds is 6. The second-order valence-corrected chi connectivity index (χ2v) is 9.09. The first-order chi connectivity index (χ1) is 17.2. The molecule has 0 unspecified atom stereocenters. The summed E-state index contributed by atoms with van der Waals surface area (Å²) in [6, 6.07) is 14.1. The van der Waals surface area contributed by atoms with Gasteiger partial charge in [0.15, 0.2) is 5.75 Å². The molecule has 1 aromatic heterocycles. The highest BCUT2D eigenvalue weighted by Crippen LogP contribution is 2.49. The van der Waals surface area contributed by atoms with Crippen LogP contribution in [0.25, 0.3) is 0 Å². The van der Waals surface area contributed by atoms with E-state index in [0.29, 0.717) is 11.3 Å².